The van der Waals surface area contributed by atoms with Crippen molar-refractivity contribution in [1.29, 1.82) is 0 Å². The van der Waals surface area contributed by atoms with Crippen molar-refractivity contribution in [3.05, 3.63) is 0 Å². The van der Waals surface area contributed by atoms with E-state index in [0.717, 1.165) is 51.9 Å². The molecule has 7 heteroatoms. The first-order chi connectivity index (χ1) is 9.76. The summed E-state index contributed by atoms with van der Waals surface area (Å²) in [5.74, 6) is 0.520. The first-order valence-electron chi connectivity index (χ1n) is 7.15. The molecule has 0 amide bonds. The van der Waals surface area contributed by atoms with E-state index < -0.39 is 0 Å². The summed E-state index contributed by atoms with van der Waals surface area (Å²) in [6, 6.07) is 0. The number of aliphatic imine (C=N–C) groups is 1. The van der Waals surface area contributed by atoms with E-state index in [1.54, 1.807) is 0 Å². The van der Waals surface area contributed by atoms with Crippen LogP contribution in [0.4, 0.5) is 0 Å². The molecule has 0 aromatic heterocycles. The van der Waals surface area contributed by atoms with Crippen LogP contribution in [-0.2, 0) is 14.3 Å². The maximum atomic E-state index is 11.0. The van der Waals surface area contributed by atoms with Crippen LogP contribution in [0.15, 0.2) is 4.99 Å². The topological polar surface area (TPSA) is 75.2 Å². The van der Waals surface area contributed by atoms with Crippen molar-refractivity contribution in [2.45, 2.75) is 13.3 Å². The summed E-state index contributed by atoms with van der Waals surface area (Å²) in [6.07, 6.45) is 0.338. The van der Waals surface area contributed by atoms with E-state index in [0.29, 0.717) is 13.0 Å². The van der Waals surface area contributed by atoms with Gasteiger partial charge in [0.1, 0.15) is 0 Å². The number of rotatable bonds is 7. The third kappa shape index (κ3) is 7.30. The Kier molecular flexibility index (Phi) is 8.73. The molecule has 0 aromatic rings. The van der Waals surface area contributed by atoms with Gasteiger partial charge in [0.25, 0.3) is 0 Å². The van der Waals surface area contributed by atoms with Crippen LogP contribution in [0.2, 0.25) is 0 Å². The monoisotopic (exact) mass is 286 g/mol. The molecule has 0 saturated carbocycles. The van der Waals surface area contributed by atoms with E-state index in [9.17, 15) is 4.79 Å². The van der Waals surface area contributed by atoms with Crippen LogP contribution in [0.25, 0.3) is 0 Å². The minimum Gasteiger partial charge on any atom is -0.469 e. The van der Waals surface area contributed by atoms with Gasteiger partial charge in [-0.25, -0.2) is 0 Å². The first-order valence-corrected chi connectivity index (χ1v) is 7.15. The molecule has 1 fully saturated rings. The van der Waals surface area contributed by atoms with Crippen molar-refractivity contribution in [3.8, 4) is 0 Å². The molecule has 1 saturated heterocycles. The van der Waals surface area contributed by atoms with Crippen LogP contribution < -0.4 is 10.6 Å². The second-order valence-corrected chi connectivity index (χ2v) is 4.47. The molecule has 116 valence electrons. The zero-order valence-corrected chi connectivity index (χ0v) is 12.5. The lowest BCUT2D eigenvalue weighted by Crippen LogP contribution is -2.40. The molecule has 1 heterocycles. The smallest absolute Gasteiger partial charge is 0.307 e. The Labute approximate surface area is 120 Å². The Hall–Kier alpha value is -1.34. The van der Waals surface area contributed by atoms with Gasteiger partial charge in [-0.05, 0) is 6.92 Å². The summed E-state index contributed by atoms with van der Waals surface area (Å²) >= 11 is 0. The van der Waals surface area contributed by atoms with Crippen molar-refractivity contribution < 1.29 is 14.3 Å². The van der Waals surface area contributed by atoms with Crippen LogP contribution >= 0.6 is 0 Å². The highest BCUT2D eigenvalue weighted by atomic mass is 16.5. The maximum absolute atomic E-state index is 11.0. The van der Waals surface area contributed by atoms with Gasteiger partial charge in [0, 0.05) is 32.7 Å². The van der Waals surface area contributed by atoms with Gasteiger partial charge < -0.3 is 20.1 Å². The zero-order valence-electron chi connectivity index (χ0n) is 12.5. The molecule has 0 unspecified atom stereocenters. The third-order valence-electron chi connectivity index (χ3n) is 2.98. The van der Waals surface area contributed by atoms with Crippen LogP contribution in [0, 0.1) is 0 Å². The average Bonchev–Trinajstić information content (AvgIpc) is 2.48. The molecule has 1 rings (SSSR count). The molecular formula is C13H26N4O3. The summed E-state index contributed by atoms with van der Waals surface area (Å²) in [4.78, 5) is 17.9. The average molecular weight is 286 g/mol. The molecule has 2 N–H and O–H groups in total. The Morgan fingerprint density at radius 3 is 2.75 bits per heavy atom. The van der Waals surface area contributed by atoms with Gasteiger partial charge >= 0.3 is 5.97 Å². The highest BCUT2D eigenvalue weighted by Crippen LogP contribution is 1.95. The Balaban J connectivity index is 2.24. The Morgan fingerprint density at radius 2 is 2.10 bits per heavy atom. The van der Waals surface area contributed by atoms with Gasteiger partial charge in [-0.2, -0.15) is 0 Å². The lowest BCUT2D eigenvalue weighted by atomic mass is 10.4. The van der Waals surface area contributed by atoms with Gasteiger partial charge in [-0.3, -0.25) is 14.7 Å². The summed E-state index contributed by atoms with van der Waals surface area (Å²) in [7, 11) is 1.39. The summed E-state index contributed by atoms with van der Waals surface area (Å²) in [6.45, 7) is 8.55. The molecule has 1 aliphatic rings. The van der Waals surface area contributed by atoms with E-state index in [-0.39, 0.29) is 5.97 Å². The van der Waals surface area contributed by atoms with Gasteiger partial charge in [0.15, 0.2) is 5.96 Å². The SMILES string of the molecule is CCNC(=NCCN1CCOCC1)NCCC(=O)OC. The van der Waals surface area contributed by atoms with Gasteiger partial charge in [0.05, 0.1) is 33.3 Å². The minimum atomic E-state index is -0.221. The van der Waals surface area contributed by atoms with E-state index >= 15 is 0 Å². The number of guanidine groups is 1. The fourth-order valence-corrected chi connectivity index (χ4v) is 1.85. The van der Waals surface area contributed by atoms with Crippen molar-refractivity contribution in [1.82, 2.24) is 15.5 Å². The van der Waals surface area contributed by atoms with E-state index in [4.69, 9.17) is 4.74 Å². The minimum absolute atomic E-state index is 0.221. The normalized spacial score (nSPS) is 16.8. The quantitative estimate of drug-likeness (QED) is 0.371. The van der Waals surface area contributed by atoms with Crippen molar-refractivity contribution in [3.63, 3.8) is 0 Å². The molecule has 0 atom stereocenters. The van der Waals surface area contributed by atoms with Crippen molar-refractivity contribution >= 4 is 11.9 Å². The highest BCUT2D eigenvalue weighted by Gasteiger charge is 2.09. The molecular weight excluding hydrogens is 260 g/mol. The first kappa shape index (κ1) is 16.7. The Bertz CT molecular complexity index is 304. The fraction of sp³-hybridized carbons (Fsp3) is 0.846. The fourth-order valence-electron chi connectivity index (χ4n) is 1.85. The van der Waals surface area contributed by atoms with Crippen molar-refractivity contribution in [2.24, 2.45) is 4.99 Å². The molecule has 1 aliphatic heterocycles. The summed E-state index contributed by atoms with van der Waals surface area (Å²) in [5, 5.41) is 6.27. The predicted octanol–water partition coefficient (Wildman–Crippen LogP) is -0.563. The van der Waals surface area contributed by atoms with Gasteiger partial charge in [-0.15, -0.1) is 0 Å². The zero-order chi connectivity index (χ0) is 14.6. The van der Waals surface area contributed by atoms with Crippen LogP contribution in [0.3, 0.4) is 0 Å². The lowest BCUT2D eigenvalue weighted by molar-refractivity contribution is -0.140. The highest BCUT2D eigenvalue weighted by molar-refractivity contribution is 5.80. The van der Waals surface area contributed by atoms with Gasteiger partial charge in [-0.1, -0.05) is 0 Å². The molecule has 0 radical (unpaired) electrons. The number of nitrogens with one attached hydrogen (secondary N) is 2. The van der Waals surface area contributed by atoms with Crippen LogP contribution in [-0.4, -0.2) is 76.4 Å². The lowest BCUT2D eigenvalue weighted by Gasteiger charge is -2.25. The second kappa shape index (κ2) is 10.4. The number of esters is 1. The standard InChI is InChI=1S/C13H26N4O3/c1-3-14-13(15-5-4-12(18)19-2)16-6-7-17-8-10-20-11-9-17/h3-11H2,1-2H3,(H2,14,15,16). The summed E-state index contributed by atoms with van der Waals surface area (Å²) < 4.78 is 9.90. The number of ether oxygens (including phenoxy) is 2. The molecule has 0 bridgehead atoms. The van der Waals surface area contributed by atoms with Crippen molar-refractivity contribution in [2.75, 3.05) is 59.6 Å². The Morgan fingerprint density at radius 1 is 1.35 bits per heavy atom. The molecule has 20 heavy (non-hydrogen) atoms. The number of hydrogen-bond donors (Lipinski definition) is 2. The van der Waals surface area contributed by atoms with E-state index in [2.05, 4.69) is 25.3 Å². The molecule has 7 nitrogen and oxygen atoms in total. The number of nitrogens with zero attached hydrogens (tertiary/aromatic N) is 2. The summed E-state index contributed by atoms with van der Waals surface area (Å²) in [5.41, 5.74) is 0. The molecule has 0 aliphatic carbocycles. The molecule has 0 spiro atoms. The largest absolute Gasteiger partial charge is 0.469 e. The number of morpholine rings is 1. The van der Waals surface area contributed by atoms with Crippen LogP contribution in [0.5, 0.6) is 0 Å². The van der Waals surface area contributed by atoms with E-state index in [1.807, 2.05) is 6.92 Å². The number of hydrogen-bond acceptors (Lipinski definition) is 5. The third-order valence-corrected chi connectivity index (χ3v) is 2.98. The van der Waals surface area contributed by atoms with Crippen LogP contribution in [0.1, 0.15) is 13.3 Å². The maximum Gasteiger partial charge on any atom is 0.307 e. The number of carbonyl (C=O) groups excluding carboxylic acids is 1. The number of methoxy groups -OCH3 is 1. The van der Waals surface area contributed by atoms with E-state index in [1.165, 1.54) is 7.11 Å². The van der Waals surface area contributed by atoms with Gasteiger partial charge in [0.2, 0.25) is 0 Å². The molecule has 0 aromatic carbocycles. The predicted molar refractivity (Wildman–Crippen MR) is 77.9 cm³/mol. The number of carbonyl (C=O) groups is 1. The second-order valence-electron chi connectivity index (χ2n) is 4.47.